The maximum absolute atomic E-state index is 14.3. The molecule has 7 nitrogen and oxygen atoms in total. The number of Topliss-reactive ketones (excluding diaryl/α,β-unsaturated/α-hetero) is 1. The Bertz CT molecular complexity index is 874. The predicted molar refractivity (Wildman–Crippen MR) is 123 cm³/mol. The van der Waals surface area contributed by atoms with Crippen molar-refractivity contribution in [1.82, 2.24) is 0 Å². The molecule has 3 aliphatic rings. The first-order chi connectivity index (χ1) is 15.2. The van der Waals surface area contributed by atoms with Gasteiger partial charge in [-0.2, -0.15) is 0 Å². The third-order valence-corrected chi connectivity index (χ3v) is 8.92. The summed E-state index contributed by atoms with van der Waals surface area (Å²) in [6.07, 6.45) is 3.19. The number of hydrogen-bond acceptors (Lipinski definition) is 7. The number of carbonyl (C=O) groups is 2. The van der Waals surface area contributed by atoms with Crippen LogP contribution >= 0.6 is 0 Å². The van der Waals surface area contributed by atoms with Crippen LogP contribution in [0.1, 0.15) is 73.6 Å². The van der Waals surface area contributed by atoms with E-state index in [2.05, 4.69) is 6.92 Å². The van der Waals surface area contributed by atoms with Gasteiger partial charge in [-0.3, -0.25) is 9.59 Å². The number of hydrogen-bond donors (Lipinski definition) is 4. The molecule has 3 unspecified atom stereocenters. The molecular weight excluding hydrogens is 424 g/mol. The number of aliphatic hydroxyl groups excluding tert-OH is 3. The lowest BCUT2D eigenvalue weighted by Gasteiger charge is -2.48. The molecule has 0 saturated heterocycles. The second-order valence-corrected chi connectivity index (χ2v) is 11.1. The molecule has 2 bridgehead atoms. The van der Waals surface area contributed by atoms with Crippen LogP contribution in [0.15, 0.2) is 23.3 Å². The minimum atomic E-state index is -2.23. The maximum atomic E-state index is 14.3. The number of ketones is 1. The Morgan fingerprint density at radius 1 is 1.18 bits per heavy atom. The predicted octanol–water partition coefficient (Wildman–Crippen LogP) is 2.45. The highest BCUT2D eigenvalue weighted by molar-refractivity contribution is 5.95. The Labute approximate surface area is 196 Å². The molecule has 0 radical (unpaired) electrons. The maximum Gasteiger partial charge on any atom is 0.306 e. The fourth-order valence-corrected chi connectivity index (χ4v) is 6.48. The second kappa shape index (κ2) is 8.59. The van der Waals surface area contributed by atoms with Crippen LogP contribution in [0.4, 0.5) is 0 Å². The van der Waals surface area contributed by atoms with Gasteiger partial charge in [0.15, 0.2) is 5.78 Å². The summed E-state index contributed by atoms with van der Waals surface area (Å²) in [6, 6.07) is 0. The standard InChI is InChI=1S/C26H40O7/c1-7-8-9-10-19(28)33-24(6)13-16(3)25-12-15(2)20(29)26(25,32)21(30)17(14-27)11-18(22(25)31)23(24,4)5/h11-12,16,18,20-21,27,29-30,32H,7-10,13-14H2,1-6H3/t16?,18?,20-,21+,24+,25?,26+/m0/s1. The van der Waals surface area contributed by atoms with Gasteiger partial charge in [0.05, 0.1) is 12.0 Å². The number of allylic oxidation sites excluding steroid dienone is 1. The van der Waals surface area contributed by atoms with Crippen molar-refractivity contribution < 1.29 is 34.8 Å². The Hall–Kier alpha value is -1.54. The highest BCUT2D eigenvalue weighted by Crippen LogP contribution is 2.63. The van der Waals surface area contributed by atoms with Crippen LogP contribution in [0.2, 0.25) is 0 Å². The summed E-state index contributed by atoms with van der Waals surface area (Å²) in [4.78, 5) is 27.1. The summed E-state index contributed by atoms with van der Waals surface area (Å²) in [6.45, 7) is 10.4. The lowest BCUT2D eigenvalue weighted by atomic mass is 9.59. The van der Waals surface area contributed by atoms with E-state index in [1.807, 2.05) is 20.8 Å². The van der Waals surface area contributed by atoms with Crippen LogP contribution in [0, 0.1) is 22.7 Å². The van der Waals surface area contributed by atoms with Gasteiger partial charge in [-0.05, 0) is 43.8 Å². The van der Waals surface area contributed by atoms with Crippen molar-refractivity contribution in [2.45, 2.75) is 97.1 Å². The summed E-state index contributed by atoms with van der Waals surface area (Å²) in [5.41, 5.74) is -5.33. The van der Waals surface area contributed by atoms with E-state index in [0.717, 1.165) is 19.3 Å². The zero-order valence-electron chi connectivity index (χ0n) is 20.7. The highest BCUT2D eigenvalue weighted by atomic mass is 16.6. The van der Waals surface area contributed by atoms with E-state index in [4.69, 9.17) is 4.74 Å². The molecule has 3 aliphatic carbocycles. The van der Waals surface area contributed by atoms with E-state index in [0.29, 0.717) is 5.57 Å². The van der Waals surface area contributed by atoms with Gasteiger partial charge in [-0.1, -0.05) is 52.7 Å². The van der Waals surface area contributed by atoms with Crippen LogP contribution in [0.25, 0.3) is 0 Å². The number of unbranched alkanes of at least 4 members (excludes halogenated alkanes) is 2. The van der Waals surface area contributed by atoms with E-state index in [9.17, 15) is 30.0 Å². The summed E-state index contributed by atoms with van der Waals surface area (Å²) in [5, 5.41) is 44.1. The molecule has 186 valence electrons. The largest absolute Gasteiger partial charge is 0.459 e. The van der Waals surface area contributed by atoms with E-state index in [1.165, 1.54) is 6.08 Å². The van der Waals surface area contributed by atoms with Gasteiger partial charge in [0, 0.05) is 17.8 Å². The van der Waals surface area contributed by atoms with Crippen molar-refractivity contribution in [3.05, 3.63) is 23.3 Å². The topological polar surface area (TPSA) is 124 Å². The van der Waals surface area contributed by atoms with Crippen molar-refractivity contribution in [3.8, 4) is 0 Å². The van der Waals surface area contributed by atoms with Crippen LogP contribution < -0.4 is 0 Å². The zero-order valence-corrected chi connectivity index (χ0v) is 20.7. The van der Waals surface area contributed by atoms with Crippen molar-refractivity contribution in [2.24, 2.45) is 22.7 Å². The van der Waals surface area contributed by atoms with Crippen molar-refractivity contribution in [1.29, 1.82) is 0 Å². The lowest BCUT2D eigenvalue weighted by molar-refractivity contribution is -0.191. The van der Waals surface area contributed by atoms with E-state index in [-0.39, 0.29) is 30.2 Å². The molecule has 1 saturated carbocycles. The average molecular weight is 465 g/mol. The molecular formula is C26H40O7. The molecule has 3 rings (SSSR count). The summed E-state index contributed by atoms with van der Waals surface area (Å²) in [7, 11) is 0. The van der Waals surface area contributed by atoms with E-state index >= 15 is 0 Å². The Morgan fingerprint density at radius 2 is 1.82 bits per heavy atom. The number of esters is 1. The summed E-state index contributed by atoms with van der Waals surface area (Å²) >= 11 is 0. The van der Waals surface area contributed by atoms with Gasteiger partial charge >= 0.3 is 5.97 Å². The van der Waals surface area contributed by atoms with Gasteiger partial charge in [-0.25, -0.2) is 0 Å². The minimum Gasteiger partial charge on any atom is -0.459 e. The number of ether oxygens (including phenoxy) is 1. The van der Waals surface area contributed by atoms with E-state index in [1.54, 1.807) is 19.9 Å². The van der Waals surface area contributed by atoms with Gasteiger partial charge in [0.1, 0.15) is 23.4 Å². The quantitative estimate of drug-likeness (QED) is 0.270. The van der Waals surface area contributed by atoms with Crippen molar-refractivity contribution >= 4 is 11.8 Å². The zero-order chi connectivity index (χ0) is 25.0. The third kappa shape index (κ3) is 3.46. The third-order valence-electron chi connectivity index (χ3n) is 8.92. The van der Waals surface area contributed by atoms with Crippen LogP contribution in [-0.4, -0.2) is 62.2 Å². The summed E-state index contributed by atoms with van der Waals surface area (Å²) < 4.78 is 6.11. The molecule has 7 heteroatoms. The van der Waals surface area contributed by atoms with Crippen molar-refractivity contribution in [3.63, 3.8) is 0 Å². The number of aliphatic hydroxyl groups is 4. The molecule has 4 N–H and O–H groups in total. The average Bonchev–Trinajstić information content (AvgIpc) is 2.89. The van der Waals surface area contributed by atoms with Crippen LogP contribution in [0.3, 0.4) is 0 Å². The first-order valence-electron chi connectivity index (χ1n) is 12.1. The van der Waals surface area contributed by atoms with Gasteiger partial charge in [0.2, 0.25) is 0 Å². The molecule has 1 spiro atoms. The SMILES string of the molecule is CCCCCC(=O)O[C@]1(C)CC(C)C23C=C(C)[C@H](O)[C@@]2(O)[C@H](O)C(CO)=CC(C3=O)C1(C)C. The Morgan fingerprint density at radius 3 is 2.39 bits per heavy atom. The minimum absolute atomic E-state index is 0.0821. The number of carbonyl (C=O) groups excluding carboxylic acids is 2. The fraction of sp³-hybridized carbons (Fsp3) is 0.769. The molecule has 0 aromatic heterocycles. The molecule has 0 heterocycles. The molecule has 0 amide bonds. The Kier molecular flexibility index (Phi) is 6.79. The molecule has 33 heavy (non-hydrogen) atoms. The first kappa shape index (κ1) is 26.1. The van der Waals surface area contributed by atoms with Gasteiger partial charge in [-0.15, -0.1) is 0 Å². The molecule has 1 fully saturated rings. The van der Waals surface area contributed by atoms with Gasteiger partial charge in [0.25, 0.3) is 0 Å². The smallest absolute Gasteiger partial charge is 0.306 e. The van der Waals surface area contributed by atoms with Crippen molar-refractivity contribution in [2.75, 3.05) is 6.61 Å². The van der Waals surface area contributed by atoms with E-state index < -0.39 is 52.7 Å². The molecule has 0 aliphatic heterocycles. The molecule has 0 aromatic rings. The monoisotopic (exact) mass is 464 g/mol. The van der Waals surface area contributed by atoms with Crippen LogP contribution in [0.5, 0.6) is 0 Å². The van der Waals surface area contributed by atoms with Gasteiger partial charge < -0.3 is 25.2 Å². The lowest BCUT2D eigenvalue weighted by Crippen LogP contribution is -2.65. The molecule has 0 aromatic carbocycles. The fourth-order valence-electron chi connectivity index (χ4n) is 6.48. The molecule has 7 atom stereocenters. The second-order valence-electron chi connectivity index (χ2n) is 11.1. The van der Waals surface area contributed by atoms with Crippen LogP contribution in [-0.2, 0) is 14.3 Å². The summed E-state index contributed by atoms with van der Waals surface area (Å²) in [5.74, 6) is -2.10. The Balaban J connectivity index is 2.19. The number of rotatable bonds is 6. The number of fused-ring (bicyclic) bond motifs is 1. The normalized spacial score (nSPS) is 42.1. The first-order valence-corrected chi connectivity index (χ1v) is 12.1. The highest BCUT2D eigenvalue weighted by Gasteiger charge is 2.73.